The van der Waals surface area contributed by atoms with Gasteiger partial charge in [-0.25, -0.2) is 0 Å². The minimum absolute atomic E-state index is 0.00754. The summed E-state index contributed by atoms with van der Waals surface area (Å²) in [5, 5.41) is 0. The zero-order chi connectivity index (χ0) is 18.5. The highest BCUT2D eigenvalue weighted by molar-refractivity contribution is 5.97. The first-order valence-corrected chi connectivity index (χ1v) is 9.62. The van der Waals surface area contributed by atoms with E-state index in [4.69, 9.17) is 4.74 Å². The number of nitrogens with zero attached hydrogens (tertiary/aromatic N) is 3. The number of para-hydroxylation sites is 2. The van der Waals surface area contributed by atoms with Gasteiger partial charge in [-0.15, -0.1) is 0 Å². The minimum atomic E-state index is -0.0971. The first kappa shape index (κ1) is 18.7. The summed E-state index contributed by atoms with van der Waals surface area (Å²) in [6.45, 7) is 5.49. The quantitative estimate of drug-likeness (QED) is 0.731. The fourth-order valence-electron chi connectivity index (χ4n) is 3.99. The molecule has 1 unspecified atom stereocenters. The fraction of sp³-hybridized carbons (Fsp3) is 0.600. The number of likely N-dealkylation sites (tertiary alicyclic amines) is 1. The molecule has 1 aromatic rings. The van der Waals surface area contributed by atoms with E-state index in [1.807, 2.05) is 18.2 Å². The number of carbonyl (C=O) groups excluding carboxylic acids is 2. The Bertz CT molecular complexity index is 625. The van der Waals surface area contributed by atoms with E-state index in [-0.39, 0.29) is 18.0 Å². The average Bonchev–Trinajstić information content (AvgIpc) is 2.67. The van der Waals surface area contributed by atoms with Crippen molar-refractivity contribution in [3.63, 3.8) is 0 Å². The molecular formula is C20H29N3O3. The summed E-state index contributed by atoms with van der Waals surface area (Å²) >= 11 is 0. The van der Waals surface area contributed by atoms with Crippen LogP contribution in [0.25, 0.3) is 0 Å². The molecule has 0 saturated carbocycles. The molecular weight excluding hydrogens is 330 g/mol. The van der Waals surface area contributed by atoms with Crippen LogP contribution in [-0.4, -0.2) is 61.1 Å². The molecule has 142 valence electrons. The summed E-state index contributed by atoms with van der Waals surface area (Å²) in [7, 11) is 1.69. The number of rotatable bonds is 6. The summed E-state index contributed by atoms with van der Waals surface area (Å²) in [5.74, 6) is 0.867. The number of piperazine rings is 1. The van der Waals surface area contributed by atoms with Crippen LogP contribution in [0.15, 0.2) is 24.3 Å². The molecule has 2 fully saturated rings. The lowest BCUT2D eigenvalue weighted by atomic mass is 10.1. The van der Waals surface area contributed by atoms with Crippen molar-refractivity contribution >= 4 is 17.5 Å². The summed E-state index contributed by atoms with van der Waals surface area (Å²) in [6.07, 6.45) is 3.37. The van der Waals surface area contributed by atoms with Crippen molar-refractivity contribution < 1.29 is 14.3 Å². The largest absolute Gasteiger partial charge is 0.495 e. The predicted octanol–water partition coefficient (Wildman–Crippen LogP) is 2.48. The van der Waals surface area contributed by atoms with E-state index >= 15 is 0 Å². The zero-order valence-electron chi connectivity index (χ0n) is 15.8. The Balaban J connectivity index is 1.70. The second kappa shape index (κ2) is 8.54. The molecule has 1 atom stereocenters. The number of amides is 2. The van der Waals surface area contributed by atoms with Crippen molar-refractivity contribution in [1.82, 2.24) is 9.80 Å². The zero-order valence-corrected chi connectivity index (χ0v) is 15.8. The van der Waals surface area contributed by atoms with Gasteiger partial charge in [-0.05, 0) is 25.0 Å². The molecule has 26 heavy (non-hydrogen) atoms. The lowest BCUT2D eigenvalue weighted by molar-refractivity contribution is -0.156. The van der Waals surface area contributed by atoms with Gasteiger partial charge in [0.1, 0.15) is 5.75 Å². The number of hydrogen-bond donors (Lipinski definition) is 0. The molecule has 2 aliphatic rings. The van der Waals surface area contributed by atoms with Crippen LogP contribution in [0, 0.1) is 0 Å². The maximum absolute atomic E-state index is 12.4. The van der Waals surface area contributed by atoms with E-state index in [0.29, 0.717) is 19.3 Å². The van der Waals surface area contributed by atoms with E-state index in [1.165, 1.54) is 0 Å². The van der Waals surface area contributed by atoms with E-state index in [9.17, 15) is 9.59 Å². The first-order valence-electron chi connectivity index (χ1n) is 9.62. The third-order valence-electron chi connectivity index (χ3n) is 5.33. The Labute approximate surface area is 155 Å². The van der Waals surface area contributed by atoms with Crippen molar-refractivity contribution in [3.8, 4) is 5.75 Å². The Kier molecular flexibility index (Phi) is 6.14. The van der Waals surface area contributed by atoms with Crippen molar-refractivity contribution in [3.05, 3.63) is 24.3 Å². The maximum Gasteiger partial charge on any atom is 0.230 e. The van der Waals surface area contributed by atoms with Crippen molar-refractivity contribution in [2.24, 2.45) is 0 Å². The lowest BCUT2D eigenvalue weighted by Crippen LogP contribution is -2.59. The highest BCUT2D eigenvalue weighted by Gasteiger charge is 2.36. The van der Waals surface area contributed by atoms with Crippen LogP contribution in [-0.2, 0) is 9.59 Å². The molecule has 0 radical (unpaired) electrons. The van der Waals surface area contributed by atoms with Crippen LogP contribution in [0.2, 0.25) is 0 Å². The maximum atomic E-state index is 12.4. The average molecular weight is 359 g/mol. The van der Waals surface area contributed by atoms with Gasteiger partial charge in [0, 0.05) is 39.0 Å². The molecule has 2 saturated heterocycles. The van der Waals surface area contributed by atoms with E-state index in [2.05, 4.69) is 22.8 Å². The SMILES string of the molecule is CCCC(N1CCN(c2ccccc2OC)CC1)N1C(=O)CCCC1=O. The highest BCUT2D eigenvalue weighted by Crippen LogP contribution is 2.29. The third kappa shape index (κ3) is 3.85. The van der Waals surface area contributed by atoms with Gasteiger partial charge in [0.15, 0.2) is 0 Å². The van der Waals surface area contributed by atoms with Gasteiger partial charge in [-0.1, -0.05) is 25.5 Å². The third-order valence-corrected chi connectivity index (χ3v) is 5.33. The molecule has 6 nitrogen and oxygen atoms in total. The topological polar surface area (TPSA) is 53.1 Å². The summed E-state index contributed by atoms with van der Waals surface area (Å²) in [4.78, 5) is 30.9. The second-order valence-corrected chi connectivity index (χ2v) is 6.98. The Hall–Kier alpha value is -2.08. The molecule has 6 heteroatoms. The van der Waals surface area contributed by atoms with Crippen molar-refractivity contribution in [2.75, 3.05) is 38.2 Å². The van der Waals surface area contributed by atoms with E-state index in [0.717, 1.165) is 50.5 Å². The van der Waals surface area contributed by atoms with Crippen LogP contribution in [0.1, 0.15) is 39.0 Å². The summed E-state index contributed by atoms with van der Waals surface area (Å²) in [5.41, 5.74) is 1.10. The Morgan fingerprint density at radius 3 is 2.31 bits per heavy atom. The van der Waals surface area contributed by atoms with Gasteiger partial charge in [0.2, 0.25) is 11.8 Å². The number of methoxy groups -OCH3 is 1. The summed E-state index contributed by atoms with van der Waals surface area (Å²) in [6, 6.07) is 8.06. The standard InChI is InChI=1S/C20H29N3O3/c1-3-7-18(23-19(24)10-6-11-20(23)25)22-14-12-21(13-15-22)16-8-4-5-9-17(16)26-2/h4-5,8-9,18H,3,6-7,10-15H2,1-2H3. The highest BCUT2D eigenvalue weighted by atomic mass is 16.5. The second-order valence-electron chi connectivity index (χ2n) is 6.98. The number of imide groups is 1. The van der Waals surface area contributed by atoms with Crippen molar-refractivity contribution in [1.29, 1.82) is 0 Å². The van der Waals surface area contributed by atoms with Gasteiger partial charge in [-0.2, -0.15) is 0 Å². The van der Waals surface area contributed by atoms with Gasteiger partial charge in [0.05, 0.1) is 19.0 Å². The molecule has 1 aromatic carbocycles. The molecule has 2 amide bonds. The molecule has 2 aliphatic heterocycles. The van der Waals surface area contributed by atoms with Crippen LogP contribution in [0.3, 0.4) is 0 Å². The van der Waals surface area contributed by atoms with Gasteiger partial charge >= 0.3 is 0 Å². The van der Waals surface area contributed by atoms with Gasteiger partial charge in [0.25, 0.3) is 0 Å². The van der Waals surface area contributed by atoms with E-state index in [1.54, 1.807) is 12.0 Å². The number of ether oxygens (including phenoxy) is 1. The van der Waals surface area contributed by atoms with Crippen molar-refractivity contribution in [2.45, 2.75) is 45.2 Å². The summed E-state index contributed by atoms with van der Waals surface area (Å²) < 4.78 is 5.48. The molecule has 0 bridgehead atoms. The van der Waals surface area contributed by atoms with Gasteiger partial charge in [-0.3, -0.25) is 19.4 Å². The molecule has 0 aromatic heterocycles. The number of benzene rings is 1. The minimum Gasteiger partial charge on any atom is -0.495 e. The smallest absolute Gasteiger partial charge is 0.230 e. The Morgan fingerprint density at radius 2 is 1.69 bits per heavy atom. The molecule has 2 heterocycles. The van der Waals surface area contributed by atoms with Crippen LogP contribution < -0.4 is 9.64 Å². The Morgan fingerprint density at radius 1 is 1.04 bits per heavy atom. The number of hydrogen-bond acceptors (Lipinski definition) is 5. The number of piperidine rings is 1. The molecule has 3 rings (SSSR count). The van der Waals surface area contributed by atoms with Crippen LogP contribution in [0.4, 0.5) is 5.69 Å². The monoisotopic (exact) mass is 359 g/mol. The molecule has 0 spiro atoms. The van der Waals surface area contributed by atoms with Gasteiger partial charge < -0.3 is 9.64 Å². The molecule has 0 aliphatic carbocycles. The number of anilines is 1. The fourth-order valence-corrected chi connectivity index (χ4v) is 3.99. The predicted molar refractivity (Wildman–Crippen MR) is 101 cm³/mol. The van der Waals surface area contributed by atoms with Crippen LogP contribution >= 0.6 is 0 Å². The number of carbonyl (C=O) groups is 2. The van der Waals surface area contributed by atoms with E-state index < -0.39 is 0 Å². The van der Waals surface area contributed by atoms with Crippen LogP contribution in [0.5, 0.6) is 5.75 Å². The normalized spacial score (nSPS) is 20.4. The first-order chi connectivity index (χ1) is 12.7. The molecule has 0 N–H and O–H groups in total. The lowest BCUT2D eigenvalue weighted by Gasteiger charge is -2.44.